The minimum absolute atomic E-state index is 0.515. The molecule has 23 heavy (non-hydrogen) atoms. The van der Waals surface area contributed by atoms with Gasteiger partial charge in [-0.15, -0.1) is 0 Å². The fourth-order valence-corrected chi connectivity index (χ4v) is 4.47. The molecule has 0 saturated carbocycles. The molecule has 2 atom stereocenters. The minimum atomic E-state index is -0.639. The van der Waals surface area contributed by atoms with Gasteiger partial charge in [-0.25, -0.2) is 0 Å². The predicted molar refractivity (Wildman–Crippen MR) is 91.0 cm³/mol. The van der Waals surface area contributed by atoms with Crippen molar-refractivity contribution >= 4 is 0 Å². The van der Waals surface area contributed by atoms with Crippen LogP contribution in [-0.2, 0) is 12.0 Å². The topological polar surface area (TPSA) is 36.4 Å². The average molecular weight is 308 g/mol. The summed E-state index contributed by atoms with van der Waals surface area (Å²) >= 11 is 0. The number of piperidine rings is 1. The highest BCUT2D eigenvalue weighted by molar-refractivity contribution is 5.25. The van der Waals surface area contributed by atoms with E-state index < -0.39 is 5.60 Å². The van der Waals surface area contributed by atoms with E-state index in [1.54, 1.807) is 0 Å². The second kappa shape index (κ2) is 6.06. The molecule has 0 amide bonds. The zero-order chi connectivity index (χ0) is 15.7. The Morgan fingerprint density at radius 1 is 1.00 bits per heavy atom. The molecule has 1 aromatic heterocycles. The number of rotatable bonds is 4. The molecule has 4 rings (SSSR count). The normalized spacial score (nSPS) is 30.5. The first kappa shape index (κ1) is 14.9. The van der Waals surface area contributed by atoms with Crippen LogP contribution in [0.4, 0.5) is 0 Å². The summed E-state index contributed by atoms with van der Waals surface area (Å²) in [5, 5.41) is 11.2. The van der Waals surface area contributed by atoms with E-state index >= 15 is 0 Å². The smallest absolute Gasteiger partial charge is 0.0926 e. The van der Waals surface area contributed by atoms with Crippen molar-refractivity contribution in [1.82, 2.24) is 9.88 Å². The Morgan fingerprint density at radius 2 is 1.65 bits per heavy atom. The first-order valence-electron chi connectivity index (χ1n) is 8.67. The fourth-order valence-electron chi connectivity index (χ4n) is 4.47. The molecule has 0 aliphatic carbocycles. The molecule has 2 aliphatic heterocycles. The van der Waals surface area contributed by atoms with Crippen LogP contribution >= 0.6 is 0 Å². The summed E-state index contributed by atoms with van der Waals surface area (Å²) in [6.07, 6.45) is 8.97. The van der Waals surface area contributed by atoms with E-state index in [4.69, 9.17) is 0 Å². The molecule has 2 bridgehead atoms. The highest BCUT2D eigenvalue weighted by Gasteiger charge is 2.47. The van der Waals surface area contributed by atoms with E-state index in [0.717, 1.165) is 31.4 Å². The van der Waals surface area contributed by atoms with Crippen molar-refractivity contribution in [3.63, 3.8) is 0 Å². The maximum atomic E-state index is 11.2. The average Bonchev–Trinajstić information content (AvgIpc) is 2.85. The van der Waals surface area contributed by atoms with Crippen molar-refractivity contribution in [2.75, 3.05) is 6.54 Å². The van der Waals surface area contributed by atoms with Gasteiger partial charge in [-0.1, -0.05) is 30.3 Å². The van der Waals surface area contributed by atoms with Crippen molar-refractivity contribution in [2.24, 2.45) is 0 Å². The van der Waals surface area contributed by atoms with Crippen LogP contribution in [0.25, 0.3) is 0 Å². The zero-order valence-corrected chi connectivity index (χ0v) is 13.4. The van der Waals surface area contributed by atoms with E-state index in [0.29, 0.717) is 12.1 Å². The van der Waals surface area contributed by atoms with Gasteiger partial charge in [-0.2, -0.15) is 0 Å². The first-order chi connectivity index (χ1) is 11.2. The van der Waals surface area contributed by atoms with Crippen molar-refractivity contribution in [1.29, 1.82) is 0 Å². The van der Waals surface area contributed by atoms with Crippen LogP contribution in [0.1, 0.15) is 36.8 Å². The summed E-state index contributed by atoms with van der Waals surface area (Å²) < 4.78 is 0. The van der Waals surface area contributed by atoms with Gasteiger partial charge in [0.2, 0.25) is 0 Å². The van der Waals surface area contributed by atoms with Crippen LogP contribution in [0.3, 0.4) is 0 Å². The van der Waals surface area contributed by atoms with Crippen molar-refractivity contribution in [2.45, 2.75) is 49.8 Å². The quantitative estimate of drug-likeness (QED) is 0.942. The van der Waals surface area contributed by atoms with Gasteiger partial charge >= 0.3 is 0 Å². The summed E-state index contributed by atoms with van der Waals surface area (Å²) in [6, 6.07) is 15.5. The summed E-state index contributed by atoms with van der Waals surface area (Å²) in [7, 11) is 0. The number of hydrogen-bond donors (Lipinski definition) is 1. The summed E-state index contributed by atoms with van der Waals surface area (Å²) in [5.74, 6) is 0. The SMILES string of the molecule is OC1(c2ccccc2)CC2CCC(C1)N2CCc1ccncc1. The lowest BCUT2D eigenvalue weighted by Gasteiger charge is -2.44. The van der Waals surface area contributed by atoms with Gasteiger partial charge in [0.15, 0.2) is 0 Å². The molecule has 2 unspecified atom stereocenters. The van der Waals surface area contributed by atoms with Crippen LogP contribution < -0.4 is 0 Å². The fraction of sp³-hybridized carbons (Fsp3) is 0.450. The Balaban J connectivity index is 1.46. The lowest BCUT2D eigenvalue weighted by atomic mass is 9.80. The molecule has 2 fully saturated rings. The third-order valence-corrected chi connectivity index (χ3v) is 5.64. The highest BCUT2D eigenvalue weighted by Crippen LogP contribution is 2.45. The van der Waals surface area contributed by atoms with Crippen LogP contribution in [0, 0.1) is 0 Å². The van der Waals surface area contributed by atoms with E-state index in [1.807, 2.05) is 30.6 Å². The molecule has 3 heterocycles. The van der Waals surface area contributed by atoms with E-state index in [1.165, 1.54) is 18.4 Å². The Morgan fingerprint density at radius 3 is 2.30 bits per heavy atom. The molecule has 3 heteroatoms. The molecule has 2 aromatic rings. The molecule has 0 spiro atoms. The summed E-state index contributed by atoms with van der Waals surface area (Å²) in [6.45, 7) is 1.09. The number of nitrogens with zero attached hydrogens (tertiary/aromatic N) is 2. The van der Waals surface area contributed by atoms with Crippen LogP contribution in [-0.4, -0.2) is 33.6 Å². The molecular weight excluding hydrogens is 284 g/mol. The zero-order valence-electron chi connectivity index (χ0n) is 13.4. The van der Waals surface area contributed by atoms with Gasteiger partial charge in [0, 0.05) is 31.0 Å². The van der Waals surface area contributed by atoms with Crippen LogP contribution in [0.2, 0.25) is 0 Å². The Hall–Kier alpha value is -1.71. The minimum Gasteiger partial charge on any atom is -0.385 e. The van der Waals surface area contributed by atoms with E-state index in [2.05, 4.69) is 34.1 Å². The second-order valence-electron chi connectivity index (χ2n) is 7.03. The van der Waals surface area contributed by atoms with Crippen molar-refractivity contribution < 1.29 is 5.11 Å². The summed E-state index contributed by atoms with van der Waals surface area (Å²) in [5.41, 5.74) is 1.80. The molecule has 1 N–H and O–H groups in total. The maximum absolute atomic E-state index is 11.2. The first-order valence-corrected chi connectivity index (χ1v) is 8.67. The maximum Gasteiger partial charge on any atom is 0.0926 e. The van der Waals surface area contributed by atoms with Gasteiger partial charge in [0.05, 0.1) is 5.60 Å². The Bertz CT molecular complexity index is 629. The monoisotopic (exact) mass is 308 g/mol. The van der Waals surface area contributed by atoms with E-state index in [-0.39, 0.29) is 0 Å². The molecule has 2 saturated heterocycles. The molecule has 0 radical (unpaired) electrons. The molecule has 1 aromatic carbocycles. The van der Waals surface area contributed by atoms with Gasteiger partial charge < -0.3 is 5.11 Å². The Kier molecular flexibility index (Phi) is 3.92. The lowest BCUT2D eigenvalue weighted by Crippen LogP contribution is -2.50. The van der Waals surface area contributed by atoms with Crippen LogP contribution in [0.15, 0.2) is 54.9 Å². The third-order valence-electron chi connectivity index (χ3n) is 5.64. The molecule has 3 nitrogen and oxygen atoms in total. The van der Waals surface area contributed by atoms with Gasteiger partial charge in [-0.05, 0) is 55.4 Å². The van der Waals surface area contributed by atoms with Crippen molar-refractivity contribution in [3.8, 4) is 0 Å². The van der Waals surface area contributed by atoms with Crippen molar-refractivity contribution in [3.05, 3.63) is 66.0 Å². The number of hydrogen-bond acceptors (Lipinski definition) is 3. The lowest BCUT2D eigenvalue weighted by molar-refractivity contribution is -0.0564. The van der Waals surface area contributed by atoms with Gasteiger partial charge in [0.25, 0.3) is 0 Å². The number of fused-ring (bicyclic) bond motifs is 2. The third kappa shape index (κ3) is 2.91. The molecule has 120 valence electrons. The largest absolute Gasteiger partial charge is 0.385 e. The van der Waals surface area contributed by atoms with Crippen LogP contribution in [0.5, 0.6) is 0 Å². The second-order valence-corrected chi connectivity index (χ2v) is 7.03. The number of benzene rings is 1. The molecular formula is C20H24N2O. The standard InChI is InChI=1S/C20H24N2O/c23-20(17-4-2-1-3-5-17)14-18-6-7-19(15-20)22(18)13-10-16-8-11-21-12-9-16/h1-5,8-9,11-12,18-19,23H,6-7,10,13-15H2. The molecule has 2 aliphatic rings. The van der Waals surface area contributed by atoms with Gasteiger partial charge in [0.1, 0.15) is 0 Å². The van der Waals surface area contributed by atoms with E-state index in [9.17, 15) is 5.11 Å². The highest BCUT2D eigenvalue weighted by atomic mass is 16.3. The number of aliphatic hydroxyl groups is 1. The number of aromatic nitrogens is 1. The van der Waals surface area contributed by atoms with Gasteiger partial charge in [-0.3, -0.25) is 9.88 Å². The predicted octanol–water partition coefficient (Wildman–Crippen LogP) is 3.14. The summed E-state index contributed by atoms with van der Waals surface area (Å²) in [4.78, 5) is 6.73. The number of pyridine rings is 1. The Labute approximate surface area is 138 Å².